The summed E-state index contributed by atoms with van der Waals surface area (Å²) in [6.45, 7) is 3.92. The van der Waals surface area contributed by atoms with E-state index in [4.69, 9.17) is 25.9 Å². The molecule has 2 aromatic rings. The van der Waals surface area contributed by atoms with Gasteiger partial charge in [-0.15, -0.1) is 11.3 Å². The molecule has 29 heavy (non-hydrogen) atoms. The van der Waals surface area contributed by atoms with Gasteiger partial charge < -0.3 is 19.6 Å². The molecule has 0 spiro atoms. The SMILES string of the molecule is CCc1c(C)sc(NC(=O)[C@H]2CC(c3cc(Cl)c(OC)cc3OC)=NO2)c1C#N. The number of nitrogens with one attached hydrogen (secondary N) is 1. The van der Waals surface area contributed by atoms with Gasteiger partial charge in [-0.25, -0.2) is 0 Å². The van der Waals surface area contributed by atoms with Crippen molar-refractivity contribution < 1.29 is 19.1 Å². The van der Waals surface area contributed by atoms with Crippen molar-refractivity contribution in [2.75, 3.05) is 19.5 Å². The van der Waals surface area contributed by atoms with Crippen LogP contribution in [0.25, 0.3) is 0 Å². The third-order valence-electron chi connectivity index (χ3n) is 4.66. The fourth-order valence-corrected chi connectivity index (χ4v) is 4.50. The number of amides is 1. The van der Waals surface area contributed by atoms with Crippen LogP contribution in [-0.4, -0.2) is 31.9 Å². The van der Waals surface area contributed by atoms with Crippen LogP contribution < -0.4 is 14.8 Å². The Labute approximate surface area is 177 Å². The maximum atomic E-state index is 12.7. The van der Waals surface area contributed by atoms with Crippen molar-refractivity contribution in [1.29, 1.82) is 5.26 Å². The van der Waals surface area contributed by atoms with E-state index in [1.165, 1.54) is 25.6 Å². The Balaban J connectivity index is 1.77. The van der Waals surface area contributed by atoms with Crippen molar-refractivity contribution in [2.24, 2.45) is 5.16 Å². The first kappa shape index (κ1) is 21.0. The minimum Gasteiger partial charge on any atom is -0.496 e. The number of carbonyl (C=O) groups is 1. The van der Waals surface area contributed by atoms with Gasteiger partial charge in [-0.1, -0.05) is 23.7 Å². The predicted molar refractivity (Wildman–Crippen MR) is 112 cm³/mol. The van der Waals surface area contributed by atoms with Crippen LogP contribution in [0.3, 0.4) is 0 Å². The maximum absolute atomic E-state index is 12.7. The summed E-state index contributed by atoms with van der Waals surface area (Å²) in [6, 6.07) is 5.51. The summed E-state index contributed by atoms with van der Waals surface area (Å²) in [5.74, 6) is 0.635. The lowest BCUT2D eigenvalue weighted by Gasteiger charge is -2.11. The highest BCUT2D eigenvalue weighted by atomic mass is 35.5. The summed E-state index contributed by atoms with van der Waals surface area (Å²) in [6.07, 6.45) is 0.166. The van der Waals surface area contributed by atoms with E-state index in [9.17, 15) is 10.1 Å². The second-order valence-electron chi connectivity index (χ2n) is 6.32. The fraction of sp³-hybridized carbons (Fsp3) is 0.350. The van der Waals surface area contributed by atoms with E-state index in [0.717, 1.165) is 16.9 Å². The third kappa shape index (κ3) is 4.02. The van der Waals surface area contributed by atoms with Gasteiger partial charge in [-0.2, -0.15) is 5.26 Å². The number of methoxy groups -OCH3 is 2. The lowest BCUT2D eigenvalue weighted by Crippen LogP contribution is -2.28. The Morgan fingerprint density at radius 1 is 1.41 bits per heavy atom. The topological polar surface area (TPSA) is 92.9 Å². The number of nitrogens with zero attached hydrogens (tertiary/aromatic N) is 2. The number of benzene rings is 1. The molecule has 3 rings (SSSR count). The van der Waals surface area contributed by atoms with Crippen molar-refractivity contribution >= 4 is 39.6 Å². The molecule has 152 valence electrons. The summed E-state index contributed by atoms with van der Waals surface area (Å²) < 4.78 is 10.6. The van der Waals surface area contributed by atoms with Crippen LogP contribution in [0.1, 0.15) is 34.9 Å². The minimum atomic E-state index is -0.811. The molecule has 0 saturated heterocycles. The van der Waals surface area contributed by atoms with Gasteiger partial charge in [-0.3, -0.25) is 4.79 Å². The fourth-order valence-electron chi connectivity index (χ4n) is 3.17. The Bertz CT molecular complexity index is 1030. The van der Waals surface area contributed by atoms with E-state index < -0.39 is 6.10 Å². The summed E-state index contributed by atoms with van der Waals surface area (Å²) in [4.78, 5) is 19.1. The zero-order valence-electron chi connectivity index (χ0n) is 16.5. The molecular formula is C20H20ClN3O4S. The molecule has 1 atom stereocenters. The lowest BCUT2D eigenvalue weighted by molar-refractivity contribution is -0.125. The van der Waals surface area contributed by atoms with E-state index in [-0.39, 0.29) is 12.3 Å². The van der Waals surface area contributed by atoms with Gasteiger partial charge in [0.25, 0.3) is 5.91 Å². The second kappa shape index (κ2) is 8.72. The van der Waals surface area contributed by atoms with Crippen LogP contribution in [0.2, 0.25) is 5.02 Å². The largest absolute Gasteiger partial charge is 0.496 e. The standard InChI is InChI=1S/C20H20ClN3O4S/c1-5-11-10(2)29-20(13(11)9-22)23-19(25)18-7-15(24-28-18)12-6-14(21)17(27-4)8-16(12)26-3/h6,8,18H,5,7H2,1-4H3,(H,23,25)/t18-/m1/s1. The van der Waals surface area contributed by atoms with Gasteiger partial charge in [0.1, 0.15) is 22.6 Å². The Morgan fingerprint density at radius 2 is 2.14 bits per heavy atom. The third-order valence-corrected chi connectivity index (χ3v) is 6.02. The van der Waals surface area contributed by atoms with Crippen molar-refractivity contribution in [2.45, 2.75) is 32.8 Å². The monoisotopic (exact) mass is 433 g/mol. The molecule has 7 nitrogen and oxygen atoms in total. The number of thiophene rings is 1. The van der Waals surface area contributed by atoms with Crippen molar-refractivity contribution in [3.8, 4) is 17.6 Å². The Hall–Kier alpha value is -2.76. The number of aryl methyl sites for hydroxylation is 1. The number of hydrogen-bond donors (Lipinski definition) is 1. The van der Waals surface area contributed by atoms with Gasteiger partial charge in [0.2, 0.25) is 6.10 Å². The Kier molecular flexibility index (Phi) is 6.30. The van der Waals surface area contributed by atoms with Gasteiger partial charge in [0.15, 0.2) is 0 Å². The van der Waals surface area contributed by atoms with Gasteiger partial charge in [0, 0.05) is 22.9 Å². The van der Waals surface area contributed by atoms with Gasteiger partial charge >= 0.3 is 0 Å². The van der Waals surface area contributed by atoms with E-state index in [1.54, 1.807) is 12.1 Å². The van der Waals surface area contributed by atoms with Crippen LogP contribution in [0.5, 0.6) is 11.5 Å². The molecule has 1 aromatic carbocycles. The van der Waals surface area contributed by atoms with Crippen LogP contribution in [0.4, 0.5) is 5.00 Å². The van der Waals surface area contributed by atoms with E-state index in [2.05, 4.69) is 16.5 Å². The summed E-state index contributed by atoms with van der Waals surface area (Å²) >= 11 is 7.61. The second-order valence-corrected chi connectivity index (χ2v) is 7.95. The molecule has 0 radical (unpaired) electrons. The molecule has 1 aliphatic heterocycles. The van der Waals surface area contributed by atoms with Crippen molar-refractivity contribution in [1.82, 2.24) is 0 Å². The number of oxime groups is 1. The summed E-state index contributed by atoms with van der Waals surface area (Å²) in [5, 5.41) is 17.3. The lowest BCUT2D eigenvalue weighted by atomic mass is 10.0. The predicted octanol–water partition coefficient (Wildman–Crippen LogP) is 4.29. The minimum absolute atomic E-state index is 0.248. The van der Waals surface area contributed by atoms with E-state index >= 15 is 0 Å². The van der Waals surface area contributed by atoms with Gasteiger partial charge in [-0.05, 0) is 25.0 Å². The van der Waals surface area contributed by atoms with E-state index in [1.807, 2.05) is 13.8 Å². The van der Waals surface area contributed by atoms with E-state index in [0.29, 0.717) is 38.4 Å². The quantitative estimate of drug-likeness (QED) is 0.733. The van der Waals surface area contributed by atoms with Crippen molar-refractivity contribution in [3.05, 3.63) is 38.7 Å². The number of nitriles is 1. The maximum Gasteiger partial charge on any atom is 0.269 e. The van der Waals surface area contributed by atoms with Crippen LogP contribution >= 0.6 is 22.9 Å². The first-order valence-electron chi connectivity index (χ1n) is 8.91. The normalized spacial score (nSPS) is 15.3. The molecule has 1 aromatic heterocycles. The van der Waals surface area contributed by atoms with Crippen LogP contribution in [-0.2, 0) is 16.1 Å². The first-order valence-corrected chi connectivity index (χ1v) is 10.1. The Morgan fingerprint density at radius 3 is 2.76 bits per heavy atom. The highest BCUT2D eigenvalue weighted by molar-refractivity contribution is 7.16. The molecule has 0 unspecified atom stereocenters. The smallest absolute Gasteiger partial charge is 0.269 e. The number of ether oxygens (including phenoxy) is 2. The number of halogens is 1. The molecule has 0 saturated carbocycles. The summed E-state index contributed by atoms with van der Waals surface area (Å²) in [7, 11) is 3.04. The van der Waals surface area contributed by atoms with Crippen molar-refractivity contribution in [3.63, 3.8) is 0 Å². The molecule has 9 heteroatoms. The summed E-state index contributed by atoms with van der Waals surface area (Å²) in [5.41, 5.74) is 2.64. The average Bonchev–Trinajstić information content (AvgIpc) is 3.31. The molecule has 1 N–H and O–H groups in total. The number of rotatable bonds is 6. The molecule has 1 aliphatic rings. The van der Waals surface area contributed by atoms with Crippen LogP contribution in [0, 0.1) is 18.3 Å². The van der Waals surface area contributed by atoms with Gasteiger partial charge in [0.05, 0.1) is 30.5 Å². The molecule has 2 heterocycles. The zero-order valence-corrected chi connectivity index (χ0v) is 18.0. The first-order chi connectivity index (χ1) is 13.9. The molecule has 0 fully saturated rings. The molecule has 0 aliphatic carbocycles. The molecular weight excluding hydrogens is 414 g/mol. The molecule has 0 bridgehead atoms. The average molecular weight is 434 g/mol. The van der Waals surface area contributed by atoms with Crippen LogP contribution in [0.15, 0.2) is 17.3 Å². The number of anilines is 1. The zero-order chi connectivity index (χ0) is 21.1. The highest BCUT2D eigenvalue weighted by Gasteiger charge is 2.32. The molecule has 1 amide bonds. The number of hydrogen-bond acceptors (Lipinski definition) is 7. The number of carbonyl (C=O) groups excluding carboxylic acids is 1. The highest BCUT2D eigenvalue weighted by Crippen LogP contribution is 2.36.